The van der Waals surface area contributed by atoms with Crippen LogP contribution in [-0.4, -0.2) is 5.78 Å². The second kappa shape index (κ2) is 5.45. The number of Topliss-reactive ketones (excluding diaryl/α,β-unsaturated/α-hetero) is 1. The number of hydrogen-bond acceptors (Lipinski definition) is 1. The van der Waals surface area contributed by atoms with E-state index in [-0.39, 0.29) is 22.6 Å². The smallest absolute Gasteiger partial charge is 0.170 e. The summed E-state index contributed by atoms with van der Waals surface area (Å²) < 4.78 is 39.7. The van der Waals surface area contributed by atoms with E-state index >= 15 is 0 Å². The van der Waals surface area contributed by atoms with Gasteiger partial charge in [0.15, 0.2) is 11.6 Å². The Morgan fingerprint density at radius 3 is 2.53 bits per heavy atom. The van der Waals surface area contributed by atoms with Crippen LogP contribution in [0.1, 0.15) is 15.9 Å². The van der Waals surface area contributed by atoms with Crippen molar-refractivity contribution in [2.75, 3.05) is 0 Å². The highest BCUT2D eigenvalue weighted by Crippen LogP contribution is 2.20. The molecular formula is C14H8ClF3O. The normalized spacial score (nSPS) is 10.5. The van der Waals surface area contributed by atoms with Gasteiger partial charge in [-0.3, -0.25) is 4.79 Å². The summed E-state index contributed by atoms with van der Waals surface area (Å²) in [6, 6.07) is 6.89. The molecule has 0 saturated carbocycles. The lowest BCUT2D eigenvalue weighted by atomic mass is 10.0. The van der Waals surface area contributed by atoms with Crippen molar-refractivity contribution in [3.63, 3.8) is 0 Å². The van der Waals surface area contributed by atoms with Crippen molar-refractivity contribution in [3.8, 4) is 0 Å². The van der Waals surface area contributed by atoms with E-state index in [1.807, 2.05) is 0 Å². The highest BCUT2D eigenvalue weighted by atomic mass is 35.5. The second-order valence-corrected chi connectivity index (χ2v) is 4.34. The first kappa shape index (κ1) is 13.6. The number of benzene rings is 2. The Kier molecular flexibility index (Phi) is 3.90. The van der Waals surface area contributed by atoms with Gasteiger partial charge in [0, 0.05) is 12.5 Å². The van der Waals surface area contributed by atoms with Crippen molar-refractivity contribution in [1.82, 2.24) is 0 Å². The Balaban J connectivity index is 2.28. The molecule has 0 unspecified atom stereocenters. The zero-order valence-corrected chi connectivity index (χ0v) is 10.3. The molecule has 0 atom stereocenters. The minimum Gasteiger partial charge on any atom is -0.294 e. The van der Waals surface area contributed by atoms with Crippen molar-refractivity contribution in [2.24, 2.45) is 0 Å². The number of rotatable bonds is 3. The highest BCUT2D eigenvalue weighted by molar-refractivity contribution is 6.31. The average Bonchev–Trinajstić information content (AvgIpc) is 2.36. The molecule has 0 fully saturated rings. The molecule has 0 aliphatic heterocycles. The van der Waals surface area contributed by atoms with Gasteiger partial charge in [-0.25, -0.2) is 13.2 Å². The van der Waals surface area contributed by atoms with Crippen LogP contribution in [0.5, 0.6) is 0 Å². The van der Waals surface area contributed by atoms with Gasteiger partial charge in [-0.2, -0.15) is 0 Å². The number of hydrogen-bond donors (Lipinski definition) is 0. The molecule has 2 rings (SSSR count). The largest absolute Gasteiger partial charge is 0.294 e. The SMILES string of the molecule is O=C(Cc1ccc(F)cc1F)c1cccc(Cl)c1F. The van der Waals surface area contributed by atoms with Gasteiger partial charge in [-0.15, -0.1) is 0 Å². The van der Waals surface area contributed by atoms with Crippen LogP contribution in [0, 0.1) is 17.5 Å². The van der Waals surface area contributed by atoms with Crippen LogP contribution in [0.15, 0.2) is 36.4 Å². The fourth-order valence-electron chi connectivity index (χ4n) is 1.65. The third kappa shape index (κ3) is 2.96. The molecule has 98 valence electrons. The van der Waals surface area contributed by atoms with Gasteiger partial charge in [0.1, 0.15) is 11.6 Å². The molecule has 5 heteroatoms. The van der Waals surface area contributed by atoms with Crippen LogP contribution < -0.4 is 0 Å². The summed E-state index contributed by atoms with van der Waals surface area (Å²) in [7, 11) is 0. The van der Waals surface area contributed by atoms with Crippen molar-refractivity contribution >= 4 is 17.4 Å². The standard InChI is InChI=1S/C14H8ClF3O/c15-11-3-1-2-10(14(11)18)13(19)6-8-4-5-9(16)7-12(8)17/h1-5,7H,6H2. The monoisotopic (exact) mass is 284 g/mol. The molecule has 1 nitrogen and oxygen atoms in total. The lowest BCUT2D eigenvalue weighted by Crippen LogP contribution is -2.08. The Bertz CT molecular complexity index is 641. The summed E-state index contributed by atoms with van der Waals surface area (Å²) in [6.07, 6.45) is -0.358. The fraction of sp³-hybridized carbons (Fsp3) is 0.0714. The molecule has 0 N–H and O–H groups in total. The third-order valence-electron chi connectivity index (χ3n) is 2.62. The second-order valence-electron chi connectivity index (χ2n) is 3.94. The van der Waals surface area contributed by atoms with Crippen LogP contribution in [0.25, 0.3) is 0 Å². The molecule has 0 heterocycles. The van der Waals surface area contributed by atoms with Crippen LogP contribution in [0.3, 0.4) is 0 Å². The van der Waals surface area contributed by atoms with Crippen molar-refractivity contribution < 1.29 is 18.0 Å². The summed E-state index contributed by atoms with van der Waals surface area (Å²) >= 11 is 5.56. The maximum atomic E-state index is 13.6. The molecule has 0 amide bonds. The predicted molar refractivity (Wildman–Crippen MR) is 65.8 cm³/mol. The van der Waals surface area contributed by atoms with E-state index in [0.29, 0.717) is 6.07 Å². The van der Waals surface area contributed by atoms with Gasteiger partial charge < -0.3 is 0 Å². The molecule has 0 radical (unpaired) electrons. The molecule has 0 aliphatic rings. The predicted octanol–water partition coefficient (Wildman–Crippen LogP) is 4.18. The van der Waals surface area contributed by atoms with Gasteiger partial charge in [-0.1, -0.05) is 23.7 Å². The van der Waals surface area contributed by atoms with E-state index in [9.17, 15) is 18.0 Å². The van der Waals surface area contributed by atoms with Crippen LogP contribution >= 0.6 is 11.6 Å². The Morgan fingerprint density at radius 1 is 1.11 bits per heavy atom. The average molecular weight is 285 g/mol. The van der Waals surface area contributed by atoms with E-state index in [1.165, 1.54) is 18.2 Å². The van der Waals surface area contributed by atoms with Crippen molar-refractivity contribution in [2.45, 2.75) is 6.42 Å². The quantitative estimate of drug-likeness (QED) is 0.773. The van der Waals surface area contributed by atoms with Gasteiger partial charge >= 0.3 is 0 Å². The topological polar surface area (TPSA) is 17.1 Å². The minimum absolute atomic E-state index is 0.00535. The first-order valence-corrected chi connectivity index (χ1v) is 5.78. The van der Waals surface area contributed by atoms with E-state index < -0.39 is 23.2 Å². The maximum absolute atomic E-state index is 13.6. The van der Waals surface area contributed by atoms with Gasteiger partial charge in [0.2, 0.25) is 0 Å². The lowest BCUT2D eigenvalue weighted by molar-refractivity contribution is 0.0988. The molecule has 0 aliphatic carbocycles. The van der Waals surface area contributed by atoms with E-state index in [2.05, 4.69) is 0 Å². The summed E-state index contributed by atoms with van der Waals surface area (Å²) in [5.41, 5.74) is -0.206. The molecule has 2 aromatic rings. The van der Waals surface area contributed by atoms with Gasteiger partial charge in [0.25, 0.3) is 0 Å². The Morgan fingerprint density at radius 2 is 1.84 bits per heavy atom. The summed E-state index contributed by atoms with van der Waals surface area (Å²) in [5.74, 6) is -3.03. The third-order valence-corrected chi connectivity index (χ3v) is 2.91. The fourth-order valence-corrected chi connectivity index (χ4v) is 1.83. The van der Waals surface area contributed by atoms with Gasteiger partial charge in [-0.05, 0) is 23.8 Å². The maximum Gasteiger partial charge on any atom is 0.170 e. The lowest BCUT2D eigenvalue weighted by Gasteiger charge is -2.05. The summed E-state index contributed by atoms with van der Waals surface area (Å²) in [6.45, 7) is 0. The summed E-state index contributed by atoms with van der Waals surface area (Å²) in [4.78, 5) is 11.9. The molecule has 0 saturated heterocycles. The Labute approximate surface area is 112 Å². The molecule has 19 heavy (non-hydrogen) atoms. The molecular weight excluding hydrogens is 277 g/mol. The number of carbonyl (C=O) groups excluding carboxylic acids is 1. The van der Waals surface area contributed by atoms with E-state index in [1.54, 1.807) is 0 Å². The van der Waals surface area contributed by atoms with Crippen molar-refractivity contribution in [3.05, 3.63) is 70.0 Å². The van der Waals surface area contributed by atoms with Crippen LogP contribution in [0.4, 0.5) is 13.2 Å². The Hall–Kier alpha value is -1.81. The zero-order chi connectivity index (χ0) is 14.0. The number of ketones is 1. The first-order chi connectivity index (χ1) is 8.99. The summed E-state index contributed by atoms with van der Waals surface area (Å²) in [5, 5.41) is -0.176. The highest BCUT2D eigenvalue weighted by Gasteiger charge is 2.16. The van der Waals surface area contributed by atoms with Crippen molar-refractivity contribution in [1.29, 1.82) is 0 Å². The number of carbonyl (C=O) groups is 1. The minimum atomic E-state index is -0.837. The molecule has 2 aromatic carbocycles. The number of halogens is 4. The first-order valence-electron chi connectivity index (χ1n) is 5.40. The van der Waals surface area contributed by atoms with E-state index in [0.717, 1.165) is 12.1 Å². The molecule has 0 aromatic heterocycles. The molecule has 0 spiro atoms. The molecule has 0 bridgehead atoms. The zero-order valence-electron chi connectivity index (χ0n) is 9.59. The van der Waals surface area contributed by atoms with Crippen LogP contribution in [0.2, 0.25) is 5.02 Å². The van der Waals surface area contributed by atoms with Gasteiger partial charge in [0.05, 0.1) is 10.6 Å². The van der Waals surface area contributed by atoms with E-state index in [4.69, 9.17) is 11.6 Å². The van der Waals surface area contributed by atoms with Crippen LogP contribution in [-0.2, 0) is 6.42 Å².